The third-order valence-corrected chi connectivity index (χ3v) is 5.18. The molecule has 4 rings (SSSR count). The smallest absolute Gasteiger partial charge is 0.274 e. The molecule has 0 aliphatic carbocycles. The van der Waals surface area contributed by atoms with E-state index in [-0.39, 0.29) is 5.69 Å². The summed E-state index contributed by atoms with van der Waals surface area (Å²) in [5.74, 6) is -2.81. The van der Waals surface area contributed by atoms with Crippen LogP contribution in [-0.2, 0) is 0 Å². The van der Waals surface area contributed by atoms with E-state index >= 15 is 0 Å². The van der Waals surface area contributed by atoms with Crippen molar-refractivity contribution in [1.29, 1.82) is 0 Å². The molecule has 3 aromatic rings. The molecule has 0 radical (unpaired) electrons. The van der Waals surface area contributed by atoms with Crippen LogP contribution in [0.5, 0.6) is 5.75 Å². The zero-order valence-corrected chi connectivity index (χ0v) is 17.1. The first-order chi connectivity index (χ1) is 15.5. The minimum absolute atomic E-state index is 0.213. The van der Waals surface area contributed by atoms with Gasteiger partial charge in [0.1, 0.15) is 40.3 Å². The Kier molecular flexibility index (Phi) is 6.65. The van der Waals surface area contributed by atoms with Crippen molar-refractivity contribution in [2.75, 3.05) is 25.0 Å². The molecule has 166 valence electrons. The summed E-state index contributed by atoms with van der Waals surface area (Å²) in [4.78, 5) is 20.6. The maximum atomic E-state index is 14.3. The summed E-state index contributed by atoms with van der Waals surface area (Å²) in [6.07, 6.45) is 5.09. The Morgan fingerprint density at radius 1 is 1.12 bits per heavy atom. The van der Waals surface area contributed by atoms with Gasteiger partial charge in [-0.3, -0.25) is 9.78 Å². The fourth-order valence-corrected chi connectivity index (χ4v) is 3.53. The van der Waals surface area contributed by atoms with E-state index in [1.54, 1.807) is 12.3 Å². The monoisotopic (exact) mass is 442 g/mol. The summed E-state index contributed by atoms with van der Waals surface area (Å²) in [6.45, 7) is 2.34. The number of piperidine rings is 1. The fraction of sp³-hybridized carbons (Fsp3) is 0.261. The highest BCUT2D eigenvalue weighted by atomic mass is 19.1. The Labute approximate surface area is 182 Å². The summed E-state index contributed by atoms with van der Waals surface area (Å²) in [5.41, 5.74) is -1.12. The van der Waals surface area contributed by atoms with Gasteiger partial charge in [0.2, 0.25) is 0 Å². The minimum Gasteiger partial charge on any atom is -0.491 e. The van der Waals surface area contributed by atoms with Gasteiger partial charge in [-0.15, -0.1) is 0 Å². The zero-order chi connectivity index (χ0) is 22.5. The molecule has 2 N–H and O–H groups in total. The van der Waals surface area contributed by atoms with E-state index < -0.39 is 34.6 Å². The number of hydrogen-bond donors (Lipinski definition) is 2. The standard InChI is InChI=1S/C23H21F3N4O2/c24-15-4-1-5-16(25)21(15)22-17(26)6-7-18(29-22)23(31)30-19-12-28-10-8-20(19)32-13-14-3-2-9-27-11-14/h1,4-8,10,12,14,27H,2-3,9,11,13H2,(H,30,31). The molecule has 3 heterocycles. The molecule has 1 aliphatic rings. The number of anilines is 1. The van der Waals surface area contributed by atoms with Crippen LogP contribution in [0.4, 0.5) is 18.9 Å². The van der Waals surface area contributed by atoms with E-state index in [1.807, 2.05) is 0 Å². The van der Waals surface area contributed by atoms with Crippen molar-refractivity contribution in [3.63, 3.8) is 0 Å². The highest BCUT2D eigenvalue weighted by Crippen LogP contribution is 2.28. The number of ether oxygens (including phenoxy) is 1. The van der Waals surface area contributed by atoms with Crippen molar-refractivity contribution in [3.8, 4) is 17.0 Å². The van der Waals surface area contributed by atoms with Gasteiger partial charge < -0.3 is 15.4 Å². The van der Waals surface area contributed by atoms with Crippen LogP contribution in [-0.4, -0.2) is 35.6 Å². The molecule has 1 amide bonds. The van der Waals surface area contributed by atoms with E-state index in [0.29, 0.717) is 24.0 Å². The zero-order valence-electron chi connectivity index (χ0n) is 17.1. The molecule has 0 saturated carbocycles. The minimum atomic E-state index is -0.978. The van der Waals surface area contributed by atoms with Crippen LogP contribution in [0.15, 0.2) is 48.8 Å². The largest absolute Gasteiger partial charge is 0.491 e. The topological polar surface area (TPSA) is 76.1 Å². The number of pyridine rings is 2. The van der Waals surface area contributed by atoms with Gasteiger partial charge >= 0.3 is 0 Å². The second-order valence-corrected chi connectivity index (χ2v) is 7.47. The van der Waals surface area contributed by atoms with Crippen molar-refractivity contribution in [2.24, 2.45) is 5.92 Å². The average molecular weight is 442 g/mol. The Morgan fingerprint density at radius 3 is 2.69 bits per heavy atom. The molecular weight excluding hydrogens is 421 g/mol. The number of amides is 1. The quantitative estimate of drug-likeness (QED) is 0.599. The summed E-state index contributed by atoms with van der Waals surface area (Å²) in [7, 11) is 0. The lowest BCUT2D eigenvalue weighted by Crippen LogP contribution is -2.33. The molecule has 1 atom stereocenters. The van der Waals surface area contributed by atoms with Gasteiger partial charge in [-0.25, -0.2) is 18.2 Å². The predicted octanol–water partition coefficient (Wildman–Crippen LogP) is 4.19. The van der Waals surface area contributed by atoms with Crippen LogP contribution in [0.1, 0.15) is 23.3 Å². The molecule has 1 aromatic carbocycles. The maximum Gasteiger partial charge on any atom is 0.274 e. The number of nitrogens with zero attached hydrogens (tertiary/aromatic N) is 2. The highest BCUT2D eigenvalue weighted by molar-refractivity contribution is 6.03. The molecule has 6 nitrogen and oxygen atoms in total. The SMILES string of the molecule is O=C(Nc1cnccc1OCC1CCCNC1)c1ccc(F)c(-c2c(F)cccc2F)n1. The van der Waals surface area contributed by atoms with Crippen molar-refractivity contribution < 1.29 is 22.7 Å². The van der Waals surface area contributed by atoms with Crippen molar-refractivity contribution in [2.45, 2.75) is 12.8 Å². The summed E-state index contributed by atoms with van der Waals surface area (Å²) >= 11 is 0. The average Bonchev–Trinajstić information content (AvgIpc) is 2.80. The lowest BCUT2D eigenvalue weighted by atomic mass is 10.0. The summed E-state index contributed by atoms with van der Waals surface area (Å²) in [6, 6.07) is 6.86. The second kappa shape index (κ2) is 9.78. The van der Waals surface area contributed by atoms with Gasteiger partial charge in [-0.2, -0.15) is 0 Å². The molecule has 1 unspecified atom stereocenters. The van der Waals surface area contributed by atoms with E-state index in [9.17, 15) is 18.0 Å². The van der Waals surface area contributed by atoms with E-state index in [0.717, 1.165) is 56.3 Å². The van der Waals surface area contributed by atoms with Crippen LogP contribution in [0.3, 0.4) is 0 Å². The number of benzene rings is 1. The number of rotatable bonds is 6. The van der Waals surface area contributed by atoms with Crippen molar-refractivity contribution in [3.05, 3.63) is 71.9 Å². The third-order valence-electron chi connectivity index (χ3n) is 5.18. The number of hydrogen-bond acceptors (Lipinski definition) is 5. The van der Waals surface area contributed by atoms with Crippen LogP contribution >= 0.6 is 0 Å². The summed E-state index contributed by atoms with van der Waals surface area (Å²) < 4.78 is 48.4. The number of carbonyl (C=O) groups excluding carboxylic acids is 1. The molecule has 0 spiro atoms. The van der Waals surface area contributed by atoms with Gasteiger partial charge in [0.15, 0.2) is 0 Å². The second-order valence-electron chi connectivity index (χ2n) is 7.47. The predicted molar refractivity (Wildman–Crippen MR) is 113 cm³/mol. The molecule has 1 saturated heterocycles. The van der Waals surface area contributed by atoms with Crippen LogP contribution in [0, 0.1) is 23.4 Å². The van der Waals surface area contributed by atoms with Gasteiger partial charge in [0.05, 0.1) is 18.4 Å². The third kappa shape index (κ3) is 4.88. The first-order valence-corrected chi connectivity index (χ1v) is 10.2. The van der Waals surface area contributed by atoms with Crippen LogP contribution in [0.25, 0.3) is 11.3 Å². The van der Waals surface area contributed by atoms with Crippen LogP contribution in [0.2, 0.25) is 0 Å². The highest BCUT2D eigenvalue weighted by Gasteiger charge is 2.20. The molecule has 1 fully saturated rings. The van der Waals surface area contributed by atoms with Crippen molar-refractivity contribution in [1.82, 2.24) is 15.3 Å². The molecule has 32 heavy (non-hydrogen) atoms. The molecule has 2 aromatic heterocycles. The van der Waals surface area contributed by atoms with Gasteiger partial charge in [0.25, 0.3) is 5.91 Å². The maximum absolute atomic E-state index is 14.3. The number of halogens is 3. The van der Waals surface area contributed by atoms with Crippen LogP contribution < -0.4 is 15.4 Å². The Hall–Kier alpha value is -3.46. The van der Waals surface area contributed by atoms with E-state index in [2.05, 4.69) is 20.6 Å². The Bertz CT molecular complexity index is 1100. The normalized spacial score (nSPS) is 15.9. The fourth-order valence-electron chi connectivity index (χ4n) is 3.53. The number of carbonyl (C=O) groups is 1. The molecule has 9 heteroatoms. The van der Waals surface area contributed by atoms with E-state index in [4.69, 9.17) is 4.74 Å². The van der Waals surface area contributed by atoms with Gasteiger partial charge in [0, 0.05) is 24.7 Å². The Balaban J connectivity index is 1.54. The van der Waals surface area contributed by atoms with Gasteiger partial charge in [-0.1, -0.05) is 6.07 Å². The lowest BCUT2D eigenvalue weighted by molar-refractivity contribution is 0.102. The number of aromatic nitrogens is 2. The lowest BCUT2D eigenvalue weighted by Gasteiger charge is -2.23. The Morgan fingerprint density at radius 2 is 1.94 bits per heavy atom. The first kappa shape index (κ1) is 21.8. The summed E-state index contributed by atoms with van der Waals surface area (Å²) in [5, 5.41) is 5.94. The van der Waals surface area contributed by atoms with Gasteiger partial charge in [-0.05, 0) is 43.7 Å². The first-order valence-electron chi connectivity index (χ1n) is 10.2. The molecule has 1 aliphatic heterocycles. The van der Waals surface area contributed by atoms with E-state index in [1.165, 1.54) is 6.20 Å². The molecular formula is C23H21F3N4O2. The van der Waals surface area contributed by atoms with Crippen molar-refractivity contribution >= 4 is 11.6 Å². The molecule has 0 bridgehead atoms. The number of nitrogens with one attached hydrogen (secondary N) is 2.